The van der Waals surface area contributed by atoms with Crippen molar-refractivity contribution in [2.24, 2.45) is 0 Å². The standard InChI is InChI=1S/C10H20O/c1-4-9(2)10(3)7-5-6-8-11/h11H,4-8H2,1-3H3. The van der Waals surface area contributed by atoms with Crippen molar-refractivity contribution >= 4 is 0 Å². The molecule has 66 valence electrons. The van der Waals surface area contributed by atoms with E-state index < -0.39 is 0 Å². The van der Waals surface area contributed by atoms with Crippen molar-refractivity contribution < 1.29 is 5.11 Å². The highest BCUT2D eigenvalue weighted by Crippen LogP contribution is 2.13. The molecule has 0 rings (SSSR count). The van der Waals surface area contributed by atoms with Gasteiger partial charge in [-0.15, -0.1) is 0 Å². The predicted molar refractivity (Wildman–Crippen MR) is 49.6 cm³/mol. The Kier molecular flexibility index (Phi) is 6.24. The van der Waals surface area contributed by atoms with E-state index in [1.807, 2.05) is 0 Å². The lowest BCUT2D eigenvalue weighted by Gasteiger charge is -2.04. The molecule has 0 aromatic heterocycles. The smallest absolute Gasteiger partial charge is 0.0431 e. The molecule has 0 aliphatic carbocycles. The van der Waals surface area contributed by atoms with E-state index in [1.54, 1.807) is 0 Å². The van der Waals surface area contributed by atoms with Crippen LogP contribution in [0.1, 0.15) is 46.5 Å². The van der Waals surface area contributed by atoms with Crippen LogP contribution in [0.2, 0.25) is 0 Å². The Hall–Kier alpha value is -0.300. The molecule has 0 fully saturated rings. The fourth-order valence-electron chi connectivity index (χ4n) is 1.02. The zero-order valence-corrected chi connectivity index (χ0v) is 7.98. The van der Waals surface area contributed by atoms with E-state index in [0.29, 0.717) is 6.61 Å². The van der Waals surface area contributed by atoms with Gasteiger partial charge < -0.3 is 5.11 Å². The van der Waals surface area contributed by atoms with Gasteiger partial charge in [0, 0.05) is 6.61 Å². The Labute approximate surface area is 70.1 Å². The van der Waals surface area contributed by atoms with E-state index in [4.69, 9.17) is 5.11 Å². The monoisotopic (exact) mass is 156 g/mol. The van der Waals surface area contributed by atoms with Crippen LogP contribution >= 0.6 is 0 Å². The van der Waals surface area contributed by atoms with Gasteiger partial charge in [0.2, 0.25) is 0 Å². The highest BCUT2D eigenvalue weighted by atomic mass is 16.2. The summed E-state index contributed by atoms with van der Waals surface area (Å²) < 4.78 is 0. The first-order chi connectivity index (χ1) is 5.22. The van der Waals surface area contributed by atoms with Crippen LogP contribution in [-0.2, 0) is 0 Å². The number of allylic oxidation sites excluding steroid dienone is 2. The van der Waals surface area contributed by atoms with Gasteiger partial charge in [0.05, 0.1) is 0 Å². The fraction of sp³-hybridized carbons (Fsp3) is 0.800. The Morgan fingerprint density at radius 1 is 1.09 bits per heavy atom. The molecule has 0 unspecified atom stereocenters. The molecule has 0 aliphatic rings. The van der Waals surface area contributed by atoms with Gasteiger partial charge in [0.15, 0.2) is 0 Å². The summed E-state index contributed by atoms with van der Waals surface area (Å²) in [5, 5.41) is 8.56. The Morgan fingerprint density at radius 2 is 1.73 bits per heavy atom. The van der Waals surface area contributed by atoms with Crippen molar-refractivity contribution in [1.29, 1.82) is 0 Å². The van der Waals surface area contributed by atoms with Gasteiger partial charge in [-0.05, 0) is 39.5 Å². The molecular formula is C10H20O. The van der Waals surface area contributed by atoms with Crippen LogP contribution in [0.3, 0.4) is 0 Å². The van der Waals surface area contributed by atoms with Crippen LogP contribution in [-0.4, -0.2) is 11.7 Å². The summed E-state index contributed by atoms with van der Waals surface area (Å²) in [7, 11) is 0. The summed E-state index contributed by atoms with van der Waals surface area (Å²) >= 11 is 0. The maximum atomic E-state index is 8.56. The Morgan fingerprint density at radius 3 is 2.18 bits per heavy atom. The molecule has 0 saturated carbocycles. The molecule has 1 nitrogen and oxygen atoms in total. The van der Waals surface area contributed by atoms with E-state index in [1.165, 1.54) is 11.1 Å². The van der Waals surface area contributed by atoms with E-state index in [0.717, 1.165) is 25.7 Å². The van der Waals surface area contributed by atoms with Crippen molar-refractivity contribution in [2.75, 3.05) is 6.61 Å². The molecular weight excluding hydrogens is 136 g/mol. The first kappa shape index (κ1) is 10.7. The summed E-state index contributed by atoms with van der Waals surface area (Å²) in [6.07, 6.45) is 4.37. The van der Waals surface area contributed by atoms with Crippen molar-refractivity contribution in [3.63, 3.8) is 0 Å². The molecule has 0 aromatic rings. The van der Waals surface area contributed by atoms with Crippen LogP contribution in [0.15, 0.2) is 11.1 Å². The lowest BCUT2D eigenvalue weighted by atomic mass is 10.0. The highest BCUT2D eigenvalue weighted by molar-refractivity contribution is 5.08. The largest absolute Gasteiger partial charge is 0.396 e. The second kappa shape index (κ2) is 6.41. The van der Waals surface area contributed by atoms with Gasteiger partial charge in [-0.2, -0.15) is 0 Å². The van der Waals surface area contributed by atoms with Gasteiger partial charge in [-0.25, -0.2) is 0 Å². The minimum Gasteiger partial charge on any atom is -0.396 e. The van der Waals surface area contributed by atoms with Crippen LogP contribution in [0.4, 0.5) is 0 Å². The molecule has 0 saturated heterocycles. The van der Waals surface area contributed by atoms with Crippen molar-refractivity contribution in [1.82, 2.24) is 0 Å². The van der Waals surface area contributed by atoms with Crippen LogP contribution < -0.4 is 0 Å². The van der Waals surface area contributed by atoms with Crippen molar-refractivity contribution in [3.8, 4) is 0 Å². The molecule has 1 N–H and O–H groups in total. The zero-order valence-electron chi connectivity index (χ0n) is 7.98. The minimum absolute atomic E-state index is 0.332. The number of rotatable bonds is 5. The van der Waals surface area contributed by atoms with E-state index >= 15 is 0 Å². The number of aliphatic hydroxyl groups is 1. The third-order valence-corrected chi connectivity index (χ3v) is 2.22. The lowest BCUT2D eigenvalue weighted by Crippen LogP contribution is -1.87. The number of hydrogen-bond donors (Lipinski definition) is 1. The molecule has 0 bridgehead atoms. The summed E-state index contributed by atoms with van der Waals surface area (Å²) in [4.78, 5) is 0. The second-order valence-corrected chi connectivity index (χ2v) is 3.09. The second-order valence-electron chi connectivity index (χ2n) is 3.09. The van der Waals surface area contributed by atoms with Gasteiger partial charge in [0.1, 0.15) is 0 Å². The number of aliphatic hydroxyl groups excluding tert-OH is 1. The summed E-state index contributed by atoms with van der Waals surface area (Å²) in [6.45, 7) is 6.90. The summed E-state index contributed by atoms with van der Waals surface area (Å²) in [5.41, 5.74) is 3.00. The van der Waals surface area contributed by atoms with E-state index in [2.05, 4.69) is 20.8 Å². The molecule has 1 heteroatoms. The zero-order chi connectivity index (χ0) is 8.69. The van der Waals surface area contributed by atoms with Crippen LogP contribution in [0, 0.1) is 0 Å². The minimum atomic E-state index is 0.332. The van der Waals surface area contributed by atoms with Gasteiger partial charge in [-0.1, -0.05) is 18.1 Å². The van der Waals surface area contributed by atoms with Crippen LogP contribution in [0.5, 0.6) is 0 Å². The maximum Gasteiger partial charge on any atom is 0.0431 e. The highest BCUT2D eigenvalue weighted by Gasteiger charge is 1.94. The normalized spacial score (nSPS) is 13.1. The average Bonchev–Trinajstić information content (AvgIpc) is 2.03. The molecule has 0 radical (unpaired) electrons. The lowest BCUT2D eigenvalue weighted by molar-refractivity contribution is 0.284. The summed E-state index contributed by atoms with van der Waals surface area (Å²) in [6, 6.07) is 0. The maximum absolute atomic E-state index is 8.56. The SMILES string of the molecule is CCC(C)=C(C)CCCCO. The molecule has 0 heterocycles. The van der Waals surface area contributed by atoms with E-state index in [9.17, 15) is 0 Å². The first-order valence-corrected chi connectivity index (χ1v) is 4.48. The van der Waals surface area contributed by atoms with Gasteiger partial charge >= 0.3 is 0 Å². The van der Waals surface area contributed by atoms with Crippen LogP contribution in [0.25, 0.3) is 0 Å². The topological polar surface area (TPSA) is 20.2 Å². The molecule has 0 amide bonds. The van der Waals surface area contributed by atoms with Crippen molar-refractivity contribution in [3.05, 3.63) is 11.1 Å². The Balaban J connectivity index is 3.58. The third kappa shape index (κ3) is 5.02. The van der Waals surface area contributed by atoms with Crippen molar-refractivity contribution in [2.45, 2.75) is 46.5 Å². The molecule has 0 atom stereocenters. The quantitative estimate of drug-likeness (QED) is 0.479. The molecule has 0 spiro atoms. The Bertz CT molecular complexity index is 125. The molecule has 0 aliphatic heterocycles. The van der Waals surface area contributed by atoms with Gasteiger partial charge in [0.25, 0.3) is 0 Å². The first-order valence-electron chi connectivity index (χ1n) is 4.48. The van der Waals surface area contributed by atoms with Gasteiger partial charge in [-0.3, -0.25) is 0 Å². The molecule has 11 heavy (non-hydrogen) atoms. The summed E-state index contributed by atoms with van der Waals surface area (Å²) in [5.74, 6) is 0. The number of unbranched alkanes of at least 4 members (excludes halogenated alkanes) is 1. The average molecular weight is 156 g/mol. The fourth-order valence-corrected chi connectivity index (χ4v) is 1.02. The molecule has 0 aromatic carbocycles. The van der Waals surface area contributed by atoms with E-state index in [-0.39, 0.29) is 0 Å². The predicted octanol–water partition coefficient (Wildman–Crippen LogP) is 2.90. The number of hydrogen-bond acceptors (Lipinski definition) is 1. The third-order valence-electron chi connectivity index (χ3n) is 2.22.